The van der Waals surface area contributed by atoms with Gasteiger partial charge in [-0.05, 0) is 51.9 Å². The molecule has 1 atom stereocenters. The van der Waals surface area contributed by atoms with Gasteiger partial charge in [-0.2, -0.15) is 4.31 Å². The number of sulfonamides is 1. The van der Waals surface area contributed by atoms with Crippen molar-refractivity contribution in [1.82, 2.24) is 19.9 Å². The summed E-state index contributed by atoms with van der Waals surface area (Å²) in [6.45, 7) is 1.37. The number of piperidine rings is 1. The quantitative estimate of drug-likeness (QED) is 0.357. The molecule has 0 amide bonds. The average molecular weight is 580 g/mol. The molecule has 190 valence electrons. The van der Waals surface area contributed by atoms with Gasteiger partial charge in [-0.15, -0.1) is 0 Å². The minimum absolute atomic E-state index is 0.0863. The molecule has 1 aromatic heterocycles. The van der Waals surface area contributed by atoms with Crippen LogP contribution in [0.25, 0.3) is 10.8 Å². The van der Waals surface area contributed by atoms with Gasteiger partial charge < -0.3 is 16.0 Å². The highest BCUT2D eigenvalue weighted by Gasteiger charge is 2.33. The van der Waals surface area contributed by atoms with E-state index < -0.39 is 10.0 Å². The molecule has 0 saturated carbocycles. The van der Waals surface area contributed by atoms with Gasteiger partial charge in [0.1, 0.15) is 11.6 Å². The molecule has 2 aliphatic rings. The molecule has 3 heterocycles. The Bertz CT molecular complexity index is 1510. The number of halogens is 1. The summed E-state index contributed by atoms with van der Waals surface area (Å²) in [6.07, 6.45) is 8.21. The molecule has 1 fully saturated rings. The summed E-state index contributed by atoms with van der Waals surface area (Å²) < 4.78 is 29.6. The average Bonchev–Trinajstić information content (AvgIpc) is 2.95. The predicted octanol–water partition coefficient (Wildman–Crippen LogP) is 4.52. The largest absolute Gasteiger partial charge is 0.367 e. The zero-order valence-electron chi connectivity index (χ0n) is 20.1. The number of rotatable bonds is 7. The fraction of sp³-hybridized carbons (Fsp3) is 0.222. The van der Waals surface area contributed by atoms with Crippen molar-refractivity contribution in [1.29, 1.82) is 5.41 Å². The van der Waals surface area contributed by atoms with E-state index in [0.717, 1.165) is 40.7 Å². The topological polar surface area (TPSA) is 111 Å². The lowest BCUT2D eigenvalue weighted by Crippen LogP contribution is -2.43. The van der Waals surface area contributed by atoms with E-state index in [1.54, 1.807) is 28.8 Å². The number of nitrogens with zero attached hydrogens (tertiary/aromatic N) is 3. The van der Waals surface area contributed by atoms with Crippen molar-refractivity contribution in [3.63, 3.8) is 0 Å². The molecule has 2 aliphatic heterocycles. The van der Waals surface area contributed by atoms with Gasteiger partial charge in [-0.25, -0.2) is 13.4 Å². The van der Waals surface area contributed by atoms with Crippen LogP contribution in [0.5, 0.6) is 0 Å². The molecule has 3 aromatic rings. The van der Waals surface area contributed by atoms with Gasteiger partial charge in [-0.3, -0.25) is 4.98 Å². The number of fused-ring (bicyclic) bond motifs is 1. The Morgan fingerprint density at radius 1 is 1.19 bits per heavy atom. The molecular formula is C27H27BrN6O2S. The molecule has 0 bridgehead atoms. The van der Waals surface area contributed by atoms with Crippen LogP contribution in [0, 0.1) is 11.3 Å². The Kier molecular flexibility index (Phi) is 7.50. The number of benzene rings is 2. The Balaban J connectivity index is 1.42. The minimum Gasteiger partial charge on any atom is -0.367 e. The van der Waals surface area contributed by atoms with E-state index in [0.29, 0.717) is 34.8 Å². The first-order valence-electron chi connectivity index (χ1n) is 12.0. The summed E-state index contributed by atoms with van der Waals surface area (Å²) in [4.78, 5) is 9.25. The fourth-order valence-corrected chi connectivity index (χ4v) is 6.57. The lowest BCUT2D eigenvalue weighted by atomic mass is 9.93. The maximum Gasteiger partial charge on any atom is 0.243 e. The second-order valence-electron chi connectivity index (χ2n) is 8.95. The minimum atomic E-state index is -3.69. The first-order chi connectivity index (χ1) is 18.0. The summed E-state index contributed by atoms with van der Waals surface area (Å²) in [5.74, 6) is 1.16. The molecule has 0 aliphatic carbocycles. The van der Waals surface area contributed by atoms with Crippen LogP contribution in [0.4, 0.5) is 0 Å². The molecular weight excluding hydrogens is 552 g/mol. The maximum atomic E-state index is 13.8. The molecule has 10 heteroatoms. The highest BCUT2D eigenvalue weighted by atomic mass is 79.9. The van der Waals surface area contributed by atoms with Crippen LogP contribution in [0.15, 0.2) is 99.1 Å². The van der Waals surface area contributed by atoms with E-state index in [9.17, 15) is 8.42 Å². The molecule has 3 N–H and O–H groups in total. The first kappa shape index (κ1) is 25.3. The van der Waals surface area contributed by atoms with E-state index in [2.05, 4.69) is 31.5 Å². The summed E-state index contributed by atoms with van der Waals surface area (Å²) in [5.41, 5.74) is 1.80. The summed E-state index contributed by atoms with van der Waals surface area (Å²) in [6, 6.07) is 16.8. The van der Waals surface area contributed by atoms with Gasteiger partial charge in [0, 0.05) is 55.6 Å². The number of nitrogens with one attached hydrogen (secondary N) is 3. The van der Waals surface area contributed by atoms with E-state index in [1.165, 1.54) is 6.21 Å². The van der Waals surface area contributed by atoms with Crippen LogP contribution < -0.4 is 10.6 Å². The van der Waals surface area contributed by atoms with Gasteiger partial charge in [0.05, 0.1) is 15.1 Å². The van der Waals surface area contributed by atoms with Crippen molar-refractivity contribution < 1.29 is 8.42 Å². The highest BCUT2D eigenvalue weighted by Crippen LogP contribution is 2.30. The first-order valence-corrected chi connectivity index (χ1v) is 14.3. The fourth-order valence-electron chi connectivity index (χ4n) is 4.65. The maximum absolute atomic E-state index is 13.8. The lowest BCUT2D eigenvalue weighted by Gasteiger charge is -2.33. The van der Waals surface area contributed by atoms with E-state index >= 15 is 0 Å². The predicted molar refractivity (Wildman–Crippen MR) is 150 cm³/mol. The van der Waals surface area contributed by atoms with Gasteiger partial charge in [0.2, 0.25) is 10.0 Å². The van der Waals surface area contributed by atoms with Crippen LogP contribution >= 0.6 is 15.9 Å². The second-order valence-corrected chi connectivity index (χ2v) is 11.7. The standard InChI is InChI=1S/C27H27BrN6O2S/c28-23(15-29)27-32-24(14-26(33-27)31-17-19-6-4-12-30-16-19)21-9-5-13-34(18-21)37(35,36)25-11-3-8-20-7-1-2-10-22(20)25/h1-4,6-8,10-12,14-16,21,29,31,33H,5,9,13,17-18H2/b27-23+,29-15?. The summed E-state index contributed by atoms with van der Waals surface area (Å²) >= 11 is 3.41. The third kappa shape index (κ3) is 5.51. The zero-order chi connectivity index (χ0) is 25.8. The third-order valence-corrected chi connectivity index (χ3v) is 9.04. The number of allylic oxidation sites excluding steroid dienone is 2. The van der Waals surface area contributed by atoms with Crippen LogP contribution in [-0.2, 0) is 16.6 Å². The summed E-state index contributed by atoms with van der Waals surface area (Å²) in [7, 11) is -3.69. The smallest absolute Gasteiger partial charge is 0.243 e. The van der Waals surface area contributed by atoms with Crippen LogP contribution in [0.3, 0.4) is 0 Å². The Labute approximate surface area is 224 Å². The van der Waals surface area contributed by atoms with Crippen molar-refractivity contribution in [3.8, 4) is 0 Å². The second kappa shape index (κ2) is 11.0. The zero-order valence-corrected chi connectivity index (χ0v) is 22.5. The van der Waals surface area contributed by atoms with Crippen LogP contribution in [-0.4, -0.2) is 42.7 Å². The van der Waals surface area contributed by atoms with Crippen molar-refractivity contribution in [2.45, 2.75) is 24.3 Å². The molecule has 0 spiro atoms. The highest BCUT2D eigenvalue weighted by molar-refractivity contribution is 9.12. The van der Waals surface area contributed by atoms with Gasteiger partial charge in [0.15, 0.2) is 0 Å². The number of aliphatic imine (C=N–C) groups is 1. The van der Waals surface area contributed by atoms with Crippen molar-refractivity contribution in [2.75, 3.05) is 13.1 Å². The Morgan fingerprint density at radius 2 is 2.03 bits per heavy atom. The number of hydrogen-bond acceptors (Lipinski definition) is 7. The number of aromatic nitrogens is 1. The molecule has 0 radical (unpaired) electrons. The van der Waals surface area contributed by atoms with E-state index in [4.69, 9.17) is 10.4 Å². The van der Waals surface area contributed by atoms with Gasteiger partial charge in [0.25, 0.3) is 0 Å². The Hall–Kier alpha value is -3.34. The van der Waals surface area contributed by atoms with Gasteiger partial charge in [-0.1, -0.05) is 42.5 Å². The molecule has 8 nitrogen and oxygen atoms in total. The van der Waals surface area contributed by atoms with E-state index in [-0.39, 0.29) is 5.92 Å². The van der Waals surface area contributed by atoms with Crippen LogP contribution in [0.2, 0.25) is 0 Å². The number of hydrogen-bond donors (Lipinski definition) is 3. The van der Waals surface area contributed by atoms with Crippen molar-refractivity contribution >= 4 is 48.7 Å². The third-order valence-electron chi connectivity index (χ3n) is 6.51. The molecule has 1 saturated heterocycles. The van der Waals surface area contributed by atoms with Gasteiger partial charge >= 0.3 is 0 Å². The summed E-state index contributed by atoms with van der Waals surface area (Å²) in [5, 5.41) is 15.9. The Morgan fingerprint density at radius 3 is 2.84 bits per heavy atom. The molecule has 1 unspecified atom stereocenters. The SMILES string of the molecule is N=C/C(Br)=C1/N=C(C2CCCN(S(=O)(=O)c3cccc4ccccc34)C2)C=C(NCc2cccnc2)N1. The van der Waals surface area contributed by atoms with Crippen LogP contribution in [0.1, 0.15) is 18.4 Å². The molecule has 2 aromatic carbocycles. The number of pyridine rings is 1. The monoisotopic (exact) mass is 578 g/mol. The molecule has 5 rings (SSSR count). The lowest BCUT2D eigenvalue weighted by molar-refractivity contribution is 0.312. The normalized spacial score (nSPS) is 20.0. The van der Waals surface area contributed by atoms with Crippen molar-refractivity contribution in [3.05, 3.63) is 94.8 Å². The van der Waals surface area contributed by atoms with E-state index in [1.807, 2.05) is 48.5 Å². The van der Waals surface area contributed by atoms with Crippen molar-refractivity contribution in [2.24, 2.45) is 10.9 Å². The molecule has 37 heavy (non-hydrogen) atoms.